The summed E-state index contributed by atoms with van der Waals surface area (Å²) in [7, 11) is 1.61. The van der Waals surface area contributed by atoms with Gasteiger partial charge in [0, 0.05) is 32.0 Å². The standard InChI is InChI=1S/C17H23N3O4S/c1-24-10-5-13-18-15-14(12(11-25-15)17(22)23)16(21)20(13)9-8-19-6-3-2-4-7-19/h11H,2-10H2,1H3,(H,22,23). The highest BCUT2D eigenvalue weighted by molar-refractivity contribution is 7.17. The first kappa shape index (κ1) is 18.0. The number of aromatic nitrogens is 2. The van der Waals surface area contributed by atoms with Crippen LogP contribution in [-0.4, -0.2) is 58.9 Å². The summed E-state index contributed by atoms with van der Waals surface area (Å²) in [6.45, 7) is 3.88. The van der Waals surface area contributed by atoms with Gasteiger partial charge in [-0.25, -0.2) is 9.78 Å². The van der Waals surface area contributed by atoms with E-state index in [9.17, 15) is 14.7 Å². The molecule has 0 radical (unpaired) electrons. The van der Waals surface area contributed by atoms with E-state index in [0.29, 0.717) is 30.2 Å². The largest absolute Gasteiger partial charge is 0.478 e. The Morgan fingerprint density at radius 3 is 2.76 bits per heavy atom. The van der Waals surface area contributed by atoms with Crippen LogP contribution in [0.2, 0.25) is 0 Å². The third-order valence-electron chi connectivity index (χ3n) is 4.62. The van der Waals surface area contributed by atoms with Crippen LogP contribution in [0.15, 0.2) is 10.2 Å². The molecule has 0 aliphatic carbocycles. The summed E-state index contributed by atoms with van der Waals surface area (Å²) in [6, 6.07) is 0. The lowest BCUT2D eigenvalue weighted by atomic mass is 10.1. The summed E-state index contributed by atoms with van der Waals surface area (Å²) in [4.78, 5) is 31.8. The molecular weight excluding hydrogens is 342 g/mol. The Kier molecular flexibility index (Phi) is 5.82. The molecule has 3 rings (SSSR count). The summed E-state index contributed by atoms with van der Waals surface area (Å²) in [5, 5.41) is 11.1. The van der Waals surface area contributed by atoms with Crippen molar-refractivity contribution in [2.45, 2.75) is 32.2 Å². The highest BCUT2D eigenvalue weighted by Crippen LogP contribution is 2.22. The number of ether oxygens (including phenoxy) is 1. The topological polar surface area (TPSA) is 84.7 Å². The van der Waals surface area contributed by atoms with Crippen molar-refractivity contribution in [1.29, 1.82) is 0 Å². The first-order valence-corrected chi connectivity index (χ1v) is 9.45. The van der Waals surface area contributed by atoms with Crippen molar-refractivity contribution in [1.82, 2.24) is 14.5 Å². The summed E-state index contributed by atoms with van der Waals surface area (Å²) in [5.41, 5.74) is -0.214. The van der Waals surface area contributed by atoms with E-state index < -0.39 is 5.97 Å². The maximum Gasteiger partial charge on any atom is 0.337 e. The second-order valence-electron chi connectivity index (χ2n) is 6.26. The molecule has 2 aromatic heterocycles. The zero-order valence-electron chi connectivity index (χ0n) is 14.4. The van der Waals surface area contributed by atoms with Crippen LogP contribution in [0, 0.1) is 0 Å². The minimum absolute atomic E-state index is 0.0440. The van der Waals surface area contributed by atoms with E-state index in [0.717, 1.165) is 19.6 Å². The van der Waals surface area contributed by atoms with E-state index >= 15 is 0 Å². The number of hydrogen-bond acceptors (Lipinski definition) is 6. The van der Waals surface area contributed by atoms with Gasteiger partial charge in [0.1, 0.15) is 10.7 Å². The highest BCUT2D eigenvalue weighted by Gasteiger charge is 2.20. The highest BCUT2D eigenvalue weighted by atomic mass is 32.1. The second-order valence-corrected chi connectivity index (χ2v) is 7.12. The Bertz CT molecular complexity index is 808. The first-order valence-electron chi connectivity index (χ1n) is 8.57. The SMILES string of the molecule is COCCc1nc2scc(C(=O)O)c2c(=O)n1CCN1CCCCC1. The number of nitrogens with zero attached hydrogens (tertiary/aromatic N) is 3. The third kappa shape index (κ3) is 3.91. The number of piperidine rings is 1. The van der Waals surface area contributed by atoms with Crippen LogP contribution in [0.5, 0.6) is 0 Å². The summed E-state index contributed by atoms with van der Waals surface area (Å²) in [5.74, 6) is -0.424. The fraction of sp³-hybridized carbons (Fsp3) is 0.588. The maximum atomic E-state index is 13.0. The third-order valence-corrected chi connectivity index (χ3v) is 5.49. The average molecular weight is 365 g/mol. The van der Waals surface area contributed by atoms with Crippen LogP contribution in [0.1, 0.15) is 35.4 Å². The zero-order chi connectivity index (χ0) is 17.8. The van der Waals surface area contributed by atoms with Crippen LogP contribution in [0.3, 0.4) is 0 Å². The van der Waals surface area contributed by atoms with Crippen LogP contribution < -0.4 is 5.56 Å². The first-order chi connectivity index (χ1) is 12.1. The van der Waals surface area contributed by atoms with Crippen LogP contribution >= 0.6 is 11.3 Å². The Labute approximate surface area is 149 Å². The number of fused-ring (bicyclic) bond motifs is 1. The number of carbonyl (C=O) groups is 1. The van der Waals surface area contributed by atoms with Gasteiger partial charge in [0.05, 0.1) is 17.6 Å². The Balaban J connectivity index is 1.96. The molecule has 0 unspecified atom stereocenters. The predicted octanol–water partition coefficient (Wildman–Crippen LogP) is 1.83. The van der Waals surface area contributed by atoms with Gasteiger partial charge in [0.2, 0.25) is 0 Å². The molecule has 1 aliphatic heterocycles. The smallest absolute Gasteiger partial charge is 0.337 e. The molecule has 1 saturated heterocycles. The van der Waals surface area contributed by atoms with E-state index in [1.807, 2.05) is 0 Å². The summed E-state index contributed by atoms with van der Waals surface area (Å²) in [6.07, 6.45) is 4.18. The fourth-order valence-corrected chi connectivity index (χ4v) is 4.18. The van der Waals surface area contributed by atoms with Crippen molar-refractivity contribution in [2.24, 2.45) is 0 Å². The van der Waals surface area contributed by atoms with E-state index in [2.05, 4.69) is 9.88 Å². The molecule has 0 amide bonds. The van der Waals surface area contributed by atoms with Gasteiger partial charge in [-0.05, 0) is 25.9 Å². The second kappa shape index (κ2) is 8.07. The Morgan fingerprint density at radius 2 is 2.08 bits per heavy atom. The van der Waals surface area contributed by atoms with Crippen LogP contribution in [-0.2, 0) is 17.7 Å². The van der Waals surface area contributed by atoms with Gasteiger partial charge in [-0.2, -0.15) is 0 Å². The molecule has 25 heavy (non-hydrogen) atoms. The van der Waals surface area contributed by atoms with Gasteiger partial charge in [-0.3, -0.25) is 9.36 Å². The number of rotatable bonds is 7. The van der Waals surface area contributed by atoms with Crippen molar-refractivity contribution < 1.29 is 14.6 Å². The Hall–Kier alpha value is -1.77. The quantitative estimate of drug-likeness (QED) is 0.806. The van der Waals surface area contributed by atoms with Gasteiger partial charge in [-0.1, -0.05) is 6.42 Å². The van der Waals surface area contributed by atoms with E-state index in [1.54, 1.807) is 11.7 Å². The molecule has 1 fully saturated rings. The van der Waals surface area contributed by atoms with E-state index in [-0.39, 0.29) is 16.5 Å². The number of carboxylic acid groups (broad SMARTS) is 1. The van der Waals surface area contributed by atoms with Gasteiger partial charge >= 0.3 is 5.97 Å². The number of aromatic carboxylic acids is 1. The normalized spacial score (nSPS) is 15.7. The summed E-state index contributed by atoms with van der Waals surface area (Å²) < 4.78 is 6.77. The molecule has 2 aromatic rings. The minimum atomic E-state index is -1.09. The molecule has 136 valence electrons. The van der Waals surface area contributed by atoms with Gasteiger partial charge in [-0.15, -0.1) is 11.3 Å². The molecule has 1 aliphatic rings. The lowest BCUT2D eigenvalue weighted by Crippen LogP contribution is -2.36. The number of thiophene rings is 1. The van der Waals surface area contributed by atoms with Crippen molar-refractivity contribution in [2.75, 3.05) is 33.4 Å². The molecule has 0 bridgehead atoms. The molecule has 1 N–H and O–H groups in total. The minimum Gasteiger partial charge on any atom is -0.478 e. The molecular formula is C17H23N3O4S. The Morgan fingerprint density at radius 1 is 1.32 bits per heavy atom. The van der Waals surface area contributed by atoms with Crippen molar-refractivity contribution in [3.8, 4) is 0 Å². The maximum absolute atomic E-state index is 13.0. The summed E-state index contributed by atoms with van der Waals surface area (Å²) >= 11 is 1.20. The molecule has 8 heteroatoms. The average Bonchev–Trinajstić information content (AvgIpc) is 3.04. The molecule has 7 nitrogen and oxygen atoms in total. The number of hydrogen-bond donors (Lipinski definition) is 1. The van der Waals surface area contributed by atoms with Gasteiger partial charge in [0.15, 0.2) is 0 Å². The number of likely N-dealkylation sites (tertiary alicyclic amines) is 1. The van der Waals surface area contributed by atoms with E-state index in [1.165, 1.54) is 36.0 Å². The van der Waals surface area contributed by atoms with Crippen LogP contribution in [0.4, 0.5) is 0 Å². The van der Waals surface area contributed by atoms with E-state index in [4.69, 9.17) is 4.74 Å². The molecule has 0 spiro atoms. The fourth-order valence-electron chi connectivity index (χ4n) is 3.26. The molecule has 3 heterocycles. The lowest BCUT2D eigenvalue weighted by Gasteiger charge is -2.27. The molecule has 0 saturated carbocycles. The van der Waals surface area contributed by atoms with Crippen molar-refractivity contribution in [3.05, 3.63) is 27.1 Å². The van der Waals surface area contributed by atoms with Crippen molar-refractivity contribution >= 4 is 27.5 Å². The number of carboxylic acids is 1. The number of methoxy groups -OCH3 is 1. The zero-order valence-corrected chi connectivity index (χ0v) is 15.2. The lowest BCUT2D eigenvalue weighted by molar-refractivity contribution is 0.0699. The van der Waals surface area contributed by atoms with Gasteiger partial charge in [0.25, 0.3) is 5.56 Å². The van der Waals surface area contributed by atoms with Gasteiger partial charge < -0.3 is 14.7 Å². The predicted molar refractivity (Wildman–Crippen MR) is 96.7 cm³/mol. The molecule has 0 aromatic carbocycles. The molecule has 0 atom stereocenters. The monoisotopic (exact) mass is 365 g/mol. The van der Waals surface area contributed by atoms with Crippen molar-refractivity contribution in [3.63, 3.8) is 0 Å². The van der Waals surface area contributed by atoms with Crippen LogP contribution in [0.25, 0.3) is 10.2 Å².